The monoisotopic (exact) mass is 483 g/mol. The van der Waals surface area contributed by atoms with Crippen LogP contribution < -0.4 is 10.2 Å². The van der Waals surface area contributed by atoms with Crippen molar-refractivity contribution >= 4 is 17.5 Å². The van der Waals surface area contributed by atoms with Gasteiger partial charge in [0.05, 0.1) is 6.54 Å². The Morgan fingerprint density at radius 1 is 0.914 bits per heavy atom. The van der Waals surface area contributed by atoms with Crippen LogP contribution in [0.1, 0.15) is 63.2 Å². The van der Waals surface area contributed by atoms with E-state index in [4.69, 9.17) is 0 Å². The van der Waals surface area contributed by atoms with E-state index in [1.165, 1.54) is 32.1 Å². The Kier molecular flexibility index (Phi) is 8.71. The van der Waals surface area contributed by atoms with Crippen LogP contribution in [0.2, 0.25) is 0 Å². The van der Waals surface area contributed by atoms with Crippen LogP contribution in [0, 0.1) is 5.41 Å². The lowest BCUT2D eigenvalue weighted by atomic mass is 9.94. The van der Waals surface area contributed by atoms with E-state index in [9.17, 15) is 9.59 Å². The maximum Gasteiger partial charge on any atom is 0.251 e. The van der Waals surface area contributed by atoms with Crippen molar-refractivity contribution in [3.8, 4) is 0 Å². The van der Waals surface area contributed by atoms with Gasteiger partial charge < -0.3 is 15.1 Å². The lowest BCUT2D eigenvalue weighted by Gasteiger charge is -2.41. The van der Waals surface area contributed by atoms with Crippen LogP contribution in [0.25, 0.3) is 0 Å². The number of carbonyl (C=O) groups is 2. The van der Waals surface area contributed by atoms with Gasteiger partial charge in [-0.2, -0.15) is 0 Å². The highest BCUT2D eigenvalue weighted by Crippen LogP contribution is 2.24. The zero-order chi connectivity index (χ0) is 24.8. The largest absolute Gasteiger partial charge is 0.369 e. The molecule has 2 saturated heterocycles. The number of hydrogen-bond acceptors (Lipinski definition) is 5. The van der Waals surface area contributed by atoms with Gasteiger partial charge in [0, 0.05) is 76.2 Å². The molecular weight excluding hydrogens is 438 g/mol. The number of benzene rings is 1. The molecule has 194 valence electrons. The second-order valence-corrected chi connectivity index (χ2v) is 11.8. The molecule has 4 rings (SSSR count). The molecule has 1 aromatic carbocycles. The molecule has 3 aliphatic rings. The molecule has 0 aromatic heterocycles. The number of anilines is 1. The van der Waals surface area contributed by atoms with Crippen molar-refractivity contribution in [1.29, 1.82) is 0 Å². The van der Waals surface area contributed by atoms with E-state index in [2.05, 4.69) is 51.8 Å². The van der Waals surface area contributed by atoms with E-state index in [-0.39, 0.29) is 17.2 Å². The van der Waals surface area contributed by atoms with Gasteiger partial charge in [0.25, 0.3) is 5.91 Å². The smallest absolute Gasteiger partial charge is 0.251 e. The van der Waals surface area contributed by atoms with Crippen LogP contribution in [0.4, 0.5) is 5.69 Å². The van der Waals surface area contributed by atoms with E-state index in [0.717, 1.165) is 64.1 Å². The highest BCUT2D eigenvalue weighted by Gasteiger charge is 2.28. The molecule has 1 saturated carbocycles. The van der Waals surface area contributed by atoms with Gasteiger partial charge in [0.2, 0.25) is 5.91 Å². The van der Waals surface area contributed by atoms with Crippen LogP contribution in [-0.2, 0) is 4.79 Å². The number of amides is 2. The minimum Gasteiger partial charge on any atom is -0.369 e. The van der Waals surface area contributed by atoms with Gasteiger partial charge in [-0.3, -0.25) is 19.4 Å². The third kappa shape index (κ3) is 7.43. The summed E-state index contributed by atoms with van der Waals surface area (Å²) in [4.78, 5) is 34.8. The summed E-state index contributed by atoms with van der Waals surface area (Å²) in [6.45, 7) is 14.8. The summed E-state index contributed by atoms with van der Waals surface area (Å²) in [5, 5.41) is 3.04. The average molecular weight is 484 g/mol. The van der Waals surface area contributed by atoms with Crippen LogP contribution in [0.15, 0.2) is 24.3 Å². The van der Waals surface area contributed by atoms with Gasteiger partial charge in [-0.05, 0) is 36.5 Å². The molecule has 1 aliphatic carbocycles. The van der Waals surface area contributed by atoms with E-state index in [1.807, 2.05) is 18.2 Å². The maximum absolute atomic E-state index is 13.0. The first-order chi connectivity index (χ1) is 16.8. The van der Waals surface area contributed by atoms with Crippen LogP contribution in [0.5, 0.6) is 0 Å². The minimum atomic E-state index is -0.0189. The molecule has 0 spiro atoms. The van der Waals surface area contributed by atoms with Gasteiger partial charge in [0.15, 0.2) is 0 Å². The number of nitrogens with one attached hydrogen (secondary N) is 1. The first-order valence-electron chi connectivity index (χ1n) is 13.7. The zero-order valence-electron chi connectivity index (χ0n) is 22.1. The molecule has 0 unspecified atom stereocenters. The lowest BCUT2D eigenvalue weighted by Crippen LogP contribution is -2.55. The molecular formula is C28H45N5O2. The molecule has 7 heteroatoms. The number of piperazine rings is 2. The van der Waals surface area contributed by atoms with Gasteiger partial charge in [0.1, 0.15) is 0 Å². The molecule has 7 nitrogen and oxygen atoms in total. The Labute approximate surface area is 211 Å². The van der Waals surface area contributed by atoms with Crippen molar-refractivity contribution in [2.45, 2.75) is 58.9 Å². The van der Waals surface area contributed by atoms with Crippen LogP contribution in [0.3, 0.4) is 0 Å². The van der Waals surface area contributed by atoms with Gasteiger partial charge in [-0.25, -0.2) is 0 Å². The van der Waals surface area contributed by atoms with Crippen LogP contribution >= 0.6 is 0 Å². The van der Waals surface area contributed by atoms with Crippen molar-refractivity contribution in [2.24, 2.45) is 5.41 Å². The van der Waals surface area contributed by atoms with Gasteiger partial charge in [-0.15, -0.1) is 0 Å². The Hall–Kier alpha value is -2.12. The first kappa shape index (κ1) is 26.0. The Morgan fingerprint density at radius 2 is 1.60 bits per heavy atom. The highest BCUT2D eigenvalue weighted by atomic mass is 16.2. The number of hydrogen-bond donors (Lipinski definition) is 1. The van der Waals surface area contributed by atoms with Crippen LogP contribution in [-0.4, -0.2) is 98.0 Å². The SMILES string of the molecule is CC(C)(C)CNC(=O)c1cccc(N2CCN(CC(=O)N3CCN(C4CCCCC4)CC3)CC2)c1. The minimum absolute atomic E-state index is 0.0189. The van der Waals surface area contributed by atoms with Gasteiger partial charge in [-0.1, -0.05) is 46.1 Å². The molecule has 1 N–H and O–H groups in total. The van der Waals surface area contributed by atoms with E-state index in [1.54, 1.807) is 0 Å². The fourth-order valence-corrected chi connectivity index (χ4v) is 5.53. The molecule has 0 bridgehead atoms. The summed E-state index contributed by atoms with van der Waals surface area (Å²) in [6, 6.07) is 8.66. The number of carbonyl (C=O) groups excluding carboxylic acids is 2. The topological polar surface area (TPSA) is 59.1 Å². The quantitative estimate of drug-likeness (QED) is 0.674. The third-order valence-corrected chi connectivity index (χ3v) is 7.74. The summed E-state index contributed by atoms with van der Waals surface area (Å²) in [7, 11) is 0. The molecule has 0 atom stereocenters. The van der Waals surface area contributed by atoms with E-state index < -0.39 is 0 Å². The molecule has 3 fully saturated rings. The fourth-order valence-electron chi connectivity index (χ4n) is 5.53. The fraction of sp³-hybridized carbons (Fsp3) is 0.714. The van der Waals surface area contributed by atoms with E-state index >= 15 is 0 Å². The number of rotatable bonds is 6. The second kappa shape index (κ2) is 11.7. The molecule has 2 heterocycles. The summed E-state index contributed by atoms with van der Waals surface area (Å²) < 4.78 is 0. The Bertz CT molecular complexity index is 845. The lowest BCUT2D eigenvalue weighted by molar-refractivity contribution is -0.134. The first-order valence-corrected chi connectivity index (χ1v) is 13.7. The van der Waals surface area contributed by atoms with Crippen molar-refractivity contribution in [1.82, 2.24) is 20.0 Å². The van der Waals surface area contributed by atoms with Crippen molar-refractivity contribution < 1.29 is 9.59 Å². The normalized spacial score (nSPS) is 21.2. The molecule has 1 aromatic rings. The highest BCUT2D eigenvalue weighted by molar-refractivity contribution is 5.95. The number of nitrogens with zero attached hydrogens (tertiary/aromatic N) is 4. The van der Waals surface area contributed by atoms with E-state index in [0.29, 0.717) is 18.7 Å². The van der Waals surface area contributed by atoms with Crippen molar-refractivity contribution in [2.75, 3.05) is 70.3 Å². The molecule has 35 heavy (non-hydrogen) atoms. The van der Waals surface area contributed by atoms with Gasteiger partial charge >= 0.3 is 0 Å². The summed E-state index contributed by atoms with van der Waals surface area (Å²) >= 11 is 0. The predicted molar refractivity (Wildman–Crippen MR) is 142 cm³/mol. The molecule has 0 radical (unpaired) electrons. The van der Waals surface area contributed by atoms with Crippen molar-refractivity contribution in [3.05, 3.63) is 29.8 Å². The standard InChI is InChI=1S/C28H45N5O2/c1-28(2,3)22-29-27(35)23-8-7-11-25(20-23)32-14-12-30(13-15-32)21-26(34)33-18-16-31(17-19-33)24-9-5-4-6-10-24/h7-8,11,20,24H,4-6,9-10,12-19,21-22H2,1-3H3,(H,29,35). The Morgan fingerprint density at radius 3 is 2.26 bits per heavy atom. The maximum atomic E-state index is 13.0. The third-order valence-electron chi connectivity index (χ3n) is 7.74. The summed E-state index contributed by atoms with van der Waals surface area (Å²) in [5.74, 6) is 0.258. The Balaban J connectivity index is 1.20. The molecule has 2 amide bonds. The zero-order valence-corrected chi connectivity index (χ0v) is 22.1. The summed E-state index contributed by atoms with van der Waals surface area (Å²) in [6.07, 6.45) is 6.79. The molecule has 2 aliphatic heterocycles. The second-order valence-electron chi connectivity index (χ2n) is 11.8. The summed E-state index contributed by atoms with van der Waals surface area (Å²) in [5.41, 5.74) is 1.85. The van der Waals surface area contributed by atoms with Crippen molar-refractivity contribution in [3.63, 3.8) is 0 Å². The average Bonchev–Trinajstić information content (AvgIpc) is 2.88. The predicted octanol–water partition coefficient (Wildman–Crippen LogP) is 3.06.